The van der Waals surface area contributed by atoms with Gasteiger partial charge in [0.1, 0.15) is 17.2 Å². The molecule has 0 fully saturated rings. The van der Waals surface area contributed by atoms with Gasteiger partial charge in [-0.05, 0) is 61.5 Å². The maximum atomic E-state index is 13.3. The number of fused-ring (bicyclic) bond motifs is 1. The van der Waals surface area contributed by atoms with Crippen LogP contribution in [-0.2, 0) is 0 Å². The van der Waals surface area contributed by atoms with Crippen LogP contribution in [-0.4, -0.2) is 35.6 Å². The van der Waals surface area contributed by atoms with Crippen LogP contribution in [0.3, 0.4) is 0 Å². The summed E-state index contributed by atoms with van der Waals surface area (Å²) in [6, 6.07) is 20.0. The summed E-state index contributed by atoms with van der Waals surface area (Å²) < 4.78 is 18.1. The molecule has 0 N–H and O–H groups in total. The van der Waals surface area contributed by atoms with Crippen molar-refractivity contribution in [2.75, 3.05) is 26.1 Å². The Morgan fingerprint density at radius 1 is 1.00 bits per heavy atom. The van der Waals surface area contributed by atoms with E-state index in [0.717, 1.165) is 11.5 Å². The Labute approximate surface area is 201 Å². The maximum Gasteiger partial charge on any atom is 0.266 e. The van der Waals surface area contributed by atoms with E-state index in [9.17, 15) is 4.79 Å². The smallest absolute Gasteiger partial charge is 0.266 e. The summed E-state index contributed by atoms with van der Waals surface area (Å²) in [5, 5.41) is 1.53. The van der Waals surface area contributed by atoms with E-state index >= 15 is 0 Å². The van der Waals surface area contributed by atoms with Crippen LogP contribution in [0.4, 0.5) is 0 Å². The van der Waals surface area contributed by atoms with Crippen molar-refractivity contribution in [1.29, 1.82) is 0 Å². The first-order chi connectivity index (χ1) is 16.1. The van der Waals surface area contributed by atoms with Gasteiger partial charge in [0.25, 0.3) is 5.56 Å². The van der Waals surface area contributed by atoms with Gasteiger partial charge in [-0.15, -0.1) is 0 Å². The first kappa shape index (κ1) is 23.0. The molecule has 33 heavy (non-hydrogen) atoms. The second kappa shape index (κ2) is 10.6. The van der Waals surface area contributed by atoms with Crippen molar-refractivity contribution in [3.8, 4) is 22.9 Å². The predicted molar refractivity (Wildman–Crippen MR) is 133 cm³/mol. The number of benzene rings is 3. The first-order valence-corrected chi connectivity index (χ1v) is 11.8. The molecule has 0 bridgehead atoms. The lowest BCUT2D eigenvalue weighted by Gasteiger charge is -2.14. The fraction of sp³-hybridized carbons (Fsp3) is 0.200. The number of aromatic nitrogens is 2. The van der Waals surface area contributed by atoms with Gasteiger partial charge in [-0.1, -0.05) is 35.5 Å². The molecule has 0 saturated heterocycles. The third kappa shape index (κ3) is 5.26. The van der Waals surface area contributed by atoms with Gasteiger partial charge in [-0.2, -0.15) is 0 Å². The molecular formula is C25H23ClN2O4S. The number of hydrogen-bond acceptors (Lipinski definition) is 6. The number of ether oxygens (including phenoxy) is 3. The molecule has 0 radical (unpaired) electrons. The lowest BCUT2D eigenvalue weighted by Crippen LogP contribution is -2.22. The summed E-state index contributed by atoms with van der Waals surface area (Å²) in [6.07, 6.45) is 0. The Balaban J connectivity index is 1.57. The van der Waals surface area contributed by atoms with Crippen molar-refractivity contribution >= 4 is 34.3 Å². The van der Waals surface area contributed by atoms with E-state index in [2.05, 4.69) is 0 Å². The Morgan fingerprint density at radius 2 is 1.73 bits per heavy atom. The van der Waals surface area contributed by atoms with Crippen LogP contribution in [0.5, 0.6) is 17.2 Å². The summed E-state index contributed by atoms with van der Waals surface area (Å²) in [7, 11) is 1.55. The number of nitrogens with zero attached hydrogens (tertiary/aromatic N) is 2. The predicted octanol–water partition coefficient (Wildman–Crippen LogP) is 5.62. The lowest BCUT2D eigenvalue weighted by atomic mass is 10.2. The van der Waals surface area contributed by atoms with Crippen LogP contribution in [0.2, 0.25) is 5.02 Å². The van der Waals surface area contributed by atoms with Gasteiger partial charge in [0.15, 0.2) is 5.16 Å². The number of halogens is 1. The van der Waals surface area contributed by atoms with Crippen LogP contribution in [0.15, 0.2) is 76.7 Å². The van der Waals surface area contributed by atoms with Crippen LogP contribution < -0.4 is 19.8 Å². The van der Waals surface area contributed by atoms with E-state index in [0.29, 0.717) is 51.5 Å². The molecule has 0 aliphatic heterocycles. The first-order valence-electron chi connectivity index (χ1n) is 10.4. The Kier molecular flexibility index (Phi) is 7.42. The molecule has 1 aromatic heterocycles. The second-order valence-electron chi connectivity index (χ2n) is 6.97. The van der Waals surface area contributed by atoms with E-state index in [-0.39, 0.29) is 5.56 Å². The number of hydrogen-bond donors (Lipinski definition) is 0. The van der Waals surface area contributed by atoms with E-state index in [1.165, 1.54) is 11.8 Å². The molecule has 0 spiro atoms. The van der Waals surface area contributed by atoms with Gasteiger partial charge >= 0.3 is 0 Å². The molecule has 0 aliphatic rings. The molecule has 170 valence electrons. The van der Waals surface area contributed by atoms with Crippen LogP contribution in [0, 0.1) is 0 Å². The third-order valence-electron chi connectivity index (χ3n) is 4.86. The van der Waals surface area contributed by atoms with Crippen molar-refractivity contribution in [1.82, 2.24) is 9.55 Å². The molecule has 0 amide bonds. The van der Waals surface area contributed by atoms with E-state index in [1.807, 2.05) is 49.4 Å². The standard InChI is InChI=1S/C25H23ClN2O4S/c1-3-31-18-9-11-19(12-10-18)32-14-15-33-25-27-22-7-5-4-6-20(22)24(29)28(25)17-8-13-23(30-2)21(26)16-17/h4-13,16H,3,14-15H2,1-2H3. The highest BCUT2D eigenvalue weighted by molar-refractivity contribution is 7.99. The highest BCUT2D eigenvalue weighted by Crippen LogP contribution is 2.28. The zero-order chi connectivity index (χ0) is 23.2. The fourth-order valence-electron chi connectivity index (χ4n) is 3.32. The minimum absolute atomic E-state index is 0.156. The molecular weight excluding hydrogens is 460 g/mol. The van der Waals surface area contributed by atoms with Crippen molar-refractivity contribution in [3.63, 3.8) is 0 Å². The van der Waals surface area contributed by atoms with Gasteiger partial charge in [0.2, 0.25) is 0 Å². The highest BCUT2D eigenvalue weighted by Gasteiger charge is 2.15. The molecule has 3 aromatic carbocycles. The summed E-state index contributed by atoms with van der Waals surface area (Å²) in [5.41, 5.74) is 1.11. The molecule has 0 saturated carbocycles. The van der Waals surface area contributed by atoms with E-state index in [1.54, 1.807) is 35.9 Å². The van der Waals surface area contributed by atoms with Crippen molar-refractivity contribution in [2.45, 2.75) is 12.1 Å². The van der Waals surface area contributed by atoms with Crippen molar-refractivity contribution in [2.24, 2.45) is 0 Å². The summed E-state index contributed by atoms with van der Waals surface area (Å²) >= 11 is 7.78. The number of methoxy groups -OCH3 is 1. The summed E-state index contributed by atoms with van der Waals surface area (Å²) in [6.45, 7) is 3.02. The van der Waals surface area contributed by atoms with E-state index in [4.69, 9.17) is 30.8 Å². The topological polar surface area (TPSA) is 62.6 Å². The molecule has 6 nitrogen and oxygen atoms in total. The quantitative estimate of drug-likeness (QED) is 0.175. The number of rotatable bonds is 9. The molecule has 4 aromatic rings. The van der Waals surface area contributed by atoms with E-state index < -0.39 is 0 Å². The Morgan fingerprint density at radius 3 is 2.42 bits per heavy atom. The van der Waals surface area contributed by atoms with Gasteiger partial charge in [0, 0.05) is 5.75 Å². The second-order valence-corrected chi connectivity index (χ2v) is 8.44. The number of para-hydroxylation sites is 1. The normalized spacial score (nSPS) is 10.9. The van der Waals surface area contributed by atoms with Gasteiger partial charge < -0.3 is 14.2 Å². The Hall–Kier alpha value is -3.16. The van der Waals surface area contributed by atoms with Crippen molar-refractivity contribution in [3.05, 3.63) is 82.1 Å². The zero-order valence-corrected chi connectivity index (χ0v) is 19.9. The van der Waals surface area contributed by atoms with Crippen LogP contribution in [0.1, 0.15) is 6.92 Å². The monoisotopic (exact) mass is 482 g/mol. The zero-order valence-electron chi connectivity index (χ0n) is 18.3. The molecule has 0 atom stereocenters. The van der Waals surface area contributed by atoms with Crippen molar-refractivity contribution < 1.29 is 14.2 Å². The molecule has 8 heteroatoms. The molecule has 0 aliphatic carbocycles. The largest absolute Gasteiger partial charge is 0.495 e. The minimum atomic E-state index is -0.156. The van der Waals surface area contributed by atoms with Gasteiger partial charge in [-0.25, -0.2) is 4.98 Å². The maximum absolute atomic E-state index is 13.3. The van der Waals surface area contributed by atoms with Gasteiger partial charge in [0.05, 0.1) is 41.9 Å². The molecule has 4 rings (SSSR count). The highest BCUT2D eigenvalue weighted by atomic mass is 35.5. The summed E-state index contributed by atoms with van der Waals surface area (Å²) in [4.78, 5) is 18.1. The molecule has 1 heterocycles. The molecule has 0 unspecified atom stereocenters. The third-order valence-corrected chi connectivity index (χ3v) is 6.05. The Bertz CT molecular complexity index is 1310. The fourth-order valence-corrected chi connectivity index (χ4v) is 4.40. The average Bonchev–Trinajstić information content (AvgIpc) is 2.83. The van der Waals surface area contributed by atoms with Crippen LogP contribution in [0.25, 0.3) is 16.6 Å². The minimum Gasteiger partial charge on any atom is -0.495 e. The van der Waals surface area contributed by atoms with Gasteiger partial charge in [-0.3, -0.25) is 9.36 Å². The summed E-state index contributed by atoms with van der Waals surface area (Å²) in [5.74, 6) is 2.70. The van der Waals surface area contributed by atoms with Crippen LogP contribution >= 0.6 is 23.4 Å². The number of thioether (sulfide) groups is 1. The average molecular weight is 483 g/mol. The lowest BCUT2D eigenvalue weighted by molar-refractivity contribution is 0.332. The SMILES string of the molecule is CCOc1ccc(OCCSc2nc3ccccc3c(=O)n2-c2ccc(OC)c(Cl)c2)cc1.